The third-order valence-electron chi connectivity index (χ3n) is 3.55. The Balaban J connectivity index is 1.68. The average molecular weight is 318 g/mol. The molecule has 4 rings (SSSR count). The predicted octanol–water partition coefficient (Wildman–Crippen LogP) is 3.08. The maximum atomic E-state index is 5.73. The van der Waals surface area contributed by atoms with Crippen molar-refractivity contribution in [3.63, 3.8) is 0 Å². The fraction of sp³-hybridized carbons (Fsp3) is 0.118. The molecule has 24 heavy (non-hydrogen) atoms. The Morgan fingerprint density at radius 2 is 1.71 bits per heavy atom. The first-order valence-corrected chi connectivity index (χ1v) is 7.57. The van der Waals surface area contributed by atoms with Gasteiger partial charge < -0.3 is 4.42 Å². The van der Waals surface area contributed by atoms with Crippen LogP contribution in [0.4, 0.5) is 0 Å². The average Bonchev–Trinajstić information content (AvgIpc) is 3.32. The first kappa shape index (κ1) is 14.3. The van der Waals surface area contributed by atoms with Crippen molar-refractivity contribution in [1.82, 2.24) is 29.9 Å². The lowest BCUT2D eigenvalue weighted by atomic mass is 10.2. The summed E-state index contributed by atoms with van der Waals surface area (Å²) in [6.07, 6.45) is 6.99. The van der Waals surface area contributed by atoms with Crippen molar-refractivity contribution < 1.29 is 4.42 Å². The molecule has 0 bridgehead atoms. The molecule has 0 spiro atoms. The normalized spacial score (nSPS) is 10.9. The molecule has 0 saturated heterocycles. The molecule has 0 aliphatic heterocycles. The van der Waals surface area contributed by atoms with E-state index < -0.39 is 0 Å². The lowest BCUT2D eigenvalue weighted by Crippen LogP contribution is -1.92. The second kappa shape index (κ2) is 6.04. The fourth-order valence-electron chi connectivity index (χ4n) is 2.30. The Kier molecular flexibility index (Phi) is 3.59. The van der Waals surface area contributed by atoms with Crippen LogP contribution in [0.2, 0.25) is 0 Å². The van der Waals surface area contributed by atoms with Gasteiger partial charge in [0.15, 0.2) is 0 Å². The van der Waals surface area contributed by atoms with Gasteiger partial charge in [0, 0.05) is 23.9 Å². The number of hydrogen-bond donors (Lipinski definition) is 0. The zero-order valence-electron chi connectivity index (χ0n) is 13.0. The molecule has 0 saturated carbocycles. The summed E-state index contributed by atoms with van der Waals surface area (Å²) in [6.45, 7) is 2.83. The van der Waals surface area contributed by atoms with E-state index in [0.29, 0.717) is 23.2 Å². The van der Waals surface area contributed by atoms with E-state index in [4.69, 9.17) is 4.42 Å². The van der Waals surface area contributed by atoms with Gasteiger partial charge in [0.2, 0.25) is 5.89 Å². The van der Waals surface area contributed by atoms with Crippen LogP contribution < -0.4 is 0 Å². The van der Waals surface area contributed by atoms with Crippen molar-refractivity contribution in [3.8, 4) is 34.3 Å². The van der Waals surface area contributed by atoms with Gasteiger partial charge in [-0.3, -0.25) is 9.67 Å². The molecular formula is C17H14N6O. The summed E-state index contributed by atoms with van der Waals surface area (Å²) in [5, 5.41) is 12.4. The highest BCUT2D eigenvalue weighted by Crippen LogP contribution is 2.24. The minimum absolute atomic E-state index is 0.339. The van der Waals surface area contributed by atoms with E-state index >= 15 is 0 Å². The maximum absolute atomic E-state index is 5.73. The first-order valence-electron chi connectivity index (χ1n) is 7.57. The Hall–Kier alpha value is -3.35. The summed E-state index contributed by atoms with van der Waals surface area (Å²) in [5.74, 6) is 0.794. The predicted molar refractivity (Wildman–Crippen MR) is 87.7 cm³/mol. The molecule has 0 amide bonds. The number of rotatable bonds is 4. The molecule has 0 radical (unpaired) electrons. The zero-order valence-corrected chi connectivity index (χ0v) is 13.0. The minimum Gasteiger partial charge on any atom is -0.415 e. The summed E-state index contributed by atoms with van der Waals surface area (Å²) in [7, 11) is 0. The molecule has 3 aromatic heterocycles. The Labute approximate surface area is 138 Å². The number of hydrogen-bond acceptors (Lipinski definition) is 6. The van der Waals surface area contributed by atoms with Crippen LogP contribution in [0.1, 0.15) is 6.92 Å². The Bertz CT molecular complexity index is 960. The zero-order chi connectivity index (χ0) is 16.4. The fourth-order valence-corrected chi connectivity index (χ4v) is 2.30. The van der Waals surface area contributed by atoms with Crippen molar-refractivity contribution in [2.24, 2.45) is 0 Å². The number of nitrogens with zero attached hydrogens (tertiary/aromatic N) is 6. The lowest BCUT2D eigenvalue weighted by Gasteiger charge is -1.98. The van der Waals surface area contributed by atoms with Gasteiger partial charge in [0.1, 0.15) is 5.69 Å². The quantitative estimate of drug-likeness (QED) is 0.575. The van der Waals surface area contributed by atoms with Crippen LogP contribution in [-0.2, 0) is 6.54 Å². The highest BCUT2D eigenvalue weighted by Gasteiger charge is 2.13. The van der Waals surface area contributed by atoms with Crippen LogP contribution in [0.3, 0.4) is 0 Å². The van der Waals surface area contributed by atoms with Gasteiger partial charge in [0.25, 0.3) is 5.89 Å². The van der Waals surface area contributed by atoms with Crippen molar-refractivity contribution in [3.05, 3.63) is 55.1 Å². The van der Waals surface area contributed by atoms with Crippen LogP contribution in [0.5, 0.6) is 0 Å². The number of aromatic nitrogens is 6. The van der Waals surface area contributed by atoms with Crippen molar-refractivity contribution >= 4 is 0 Å². The largest absolute Gasteiger partial charge is 0.415 e. The summed E-state index contributed by atoms with van der Waals surface area (Å²) < 4.78 is 7.56. The third-order valence-corrected chi connectivity index (χ3v) is 3.55. The SMILES string of the molecule is CCn1cc(-c2cncc(-c3nnc(-c4ccccc4)o3)n2)cn1. The van der Waals surface area contributed by atoms with Crippen LogP contribution in [0.25, 0.3) is 34.3 Å². The van der Waals surface area contributed by atoms with Crippen LogP contribution in [0.15, 0.2) is 59.5 Å². The molecule has 7 nitrogen and oxygen atoms in total. The lowest BCUT2D eigenvalue weighted by molar-refractivity contribution is 0.582. The van der Waals surface area contributed by atoms with Gasteiger partial charge in [-0.25, -0.2) is 4.98 Å². The van der Waals surface area contributed by atoms with E-state index in [1.807, 2.05) is 48.1 Å². The monoisotopic (exact) mass is 318 g/mol. The van der Waals surface area contributed by atoms with E-state index in [0.717, 1.165) is 17.7 Å². The van der Waals surface area contributed by atoms with Crippen LogP contribution in [0, 0.1) is 0 Å². The van der Waals surface area contributed by atoms with E-state index in [1.54, 1.807) is 18.6 Å². The van der Waals surface area contributed by atoms with Gasteiger partial charge in [-0.05, 0) is 19.1 Å². The molecule has 0 atom stereocenters. The van der Waals surface area contributed by atoms with Crippen molar-refractivity contribution in [2.75, 3.05) is 0 Å². The van der Waals surface area contributed by atoms with E-state index in [1.165, 1.54) is 0 Å². The maximum Gasteiger partial charge on any atom is 0.268 e. The van der Waals surface area contributed by atoms with Crippen LogP contribution in [-0.4, -0.2) is 29.9 Å². The van der Waals surface area contributed by atoms with Crippen molar-refractivity contribution in [2.45, 2.75) is 13.5 Å². The second-order valence-corrected chi connectivity index (χ2v) is 5.15. The highest BCUT2D eigenvalue weighted by molar-refractivity contribution is 5.60. The minimum atomic E-state index is 0.339. The molecule has 7 heteroatoms. The van der Waals surface area contributed by atoms with E-state index in [9.17, 15) is 0 Å². The third kappa shape index (κ3) is 2.67. The van der Waals surface area contributed by atoms with E-state index in [2.05, 4.69) is 25.3 Å². The number of aryl methyl sites for hydroxylation is 1. The molecule has 0 unspecified atom stereocenters. The highest BCUT2D eigenvalue weighted by atomic mass is 16.4. The van der Waals surface area contributed by atoms with E-state index in [-0.39, 0.29) is 0 Å². The molecule has 0 aliphatic rings. The molecule has 118 valence electrons. The molecule has 0 aliphatic carbocycles. The molecular weight excluding hydrogens is 304 g/mol. The van der Waals surface area contributed by atoms with Gasteiger partial charge in [0.05, 0.1) is 24.3 Å². The van der Waals surface area contributed by atoms with Gasteiger partial charge in [-0.1, -0.05) is 18.2 Å². The summed E-state index contributed by atoms with van der Waals surface area (Å²) in [4.78, 5) is 8.78. The first-order chi connectivity index (χ1) is 11.8. The standard InChI is InChI=1S/C17H14N6O/c1-2-23-11-13(8-19-23)14-9-18-10-15(20-14)17-22-21-16(24-17)12-6-4-3-5-7-12/h3-11H,2H2,1H3. The molecule has 4 aromatic rings. The Morgan fingerprint density at radius 1 is 0.917 bits per heavy atom. The summed E-state index contributed by atoms with van der Waals surface area (Å²) in [5.41, 5.74) is 3.01. The summed E-state index contributed by atoms with van der Waals surface area (Å²) in [6, 6.07) is 9.61. The van der Waals surface area contributed by atoms with Crippen LogP contribution >= 0.6 is 0 Å². The Morgan fingerprint density at radius 3 is 2.50 bits per heavy atom. The smallest absolute Gasteiger partial charge is 0.268 e. The van der Waals surface area contributed by atoms with Gasteiger partial charge in [-0.15, -0.1) is 10.2 Å². The summed E-state index contributed by atoms with van der Waals surface area (Å²) >= 11 is 0. The van der Waals surface area contributed by atoms with Crippen molar-refractivity contribution in [1.29, 1.82) is 0 Å². The molecule has 0 N–H and O–H groups in total. The molecule has 0 fully saturated rings. The van der Waals surface area contributed by atoms with Gasteiger partial charge in [-0.2, -0.15) is 5.10 Å². The molecule has 3 heterocycles. The van der Waals surface area contributed by atoms with Gasteiger partial charge >= 0.3 is 0 Å². The molecule has 1 aromatic carbocycles. The number of benzene rings is 1. The topological polar surface area (TPSA) is 82.5 Å². The second-order valence-electron chi connectivity index (χ2n) is 5.15.